The van der Waals surface area contributed by atoms with Crippen molar-refractivity contribution < 1.29 is 14.6 Å². The Labute approximate surface area is 115 Å². The number of nitrogens with one attached hydrogen (secondary N) is 1. The average Bonchev–Trinajstić information content (AvgIpc) is 2.46. The summed E-state index contributed by atoms with van der Waals surface area (Å²) < 4.78 is 10.4. The fraction of sp³-hybridized carbons (Fsp3) is 0.600. The lowest BCUT2D eigenvalue weighted by atomic mass is 10.1. The zero-order valence-electron chi connectivity index (χ0n) is 11.7. The van der Waals surface area contributed by atoms with E-state index in [1.54, 1.807) is 7.11 Å². The maximum atomic E-state index is 9.34. The van der Waals surface area contributed by atoms with Crippen LogP contribution in [0.15, 0.2) is 30.3 Å². The number of hydrogen-bond donors (Lipinski definition) is 2. The Balaban J connectivity index is 2.09. The summed E-state index contributed by atoms with van der Waals surface area (Å²) in [5.41, 5.74) is 1.23. The van der Waals surface area contributed by atoms with Crippen molar-refractivity contribution in [3.63, 3.8) is 0 Å². The molecule has 1 unspecified atom stereocenters. The minimum absolute atomic E-state index is 0.0879. The molecule has 1 aromatic rings. The first-order valence-electron chi connectivity index (χ1n) is 6.81. The largest absolute Gasteiger partial charge is 0.395 e. The van der Waals surface area contributed by atoms with Crippen LogP contribution in [0, 0.1) is 0 Å². The van der Waals surface area contributed by atoms with Gasteiger partial charge in [-0.2, -0.15) is 0 Å². The second-order valence-electron chi connectivity index (χ2n) is 4.48. The van der Waals surface area contributed by atoms with Gasteiger partial charge in [0.15, 0.2) is 0 Å². The predicted molar refractivity (Wildman–Crippen MR) is 76.3 cm³/mol. The molecule has 0 aliphatic heterocycles. The quantitative estimate of drug-likeness (QED) is 0.592. The van der Waals surface area contributed by atoms with Gasteiger partial charge in [0.05, 0.1) is 13.2 Å². The summed E-state index contributed by atoms with van der Waals surface area (Å²) in [6, 6.07) is 10.3. The Morgan fingerprint density at radius 2 is 1.95 bits per heavy atom. The first-order chi connectivity index (χ1) is 9.36. The van der Waals surface area contributed by atoms with Gasteiger partial charge < -0.3 is 19.9 Å². The third kappa shape index (κ3) is 7.95. The van der Waals surface area contributed by atoms with Crippen molar-refractivity contribution in [2.24, 2.45) is 0 Å². The SMILES string of the molecule is COCCCOCCNC(CO)Cc1ccccc1. The van der Waals surface area contributed by atoms with Crippen molar-refractivity contribution in [1.29, 1.82) is 0 Å². The number of aliphatic hydroxyl groups is 1. The monoisotopic (exact) mass is 267 g/mol. The lowest BCUT2D eigenvalue weighted by molar-refractivity contribution is 0.101. The predicted octanol–water partition coefficient (Wildman–Crippen LogP) is 1.23. The summed E-state index contributed by atoms with van der Waals surface area (Å²) in [4.78, 5) is 0. The standard InChI is InChI=1S/C15H25NO3/c1-18-9-5-10-19-11-8-16-15(13-17)12-14-6-3-2-4-7-14/h2-4,6-7,15-17H,5,8-13H2,1H3. The van der Waals surface area contributed by atoms with E-state index in [2.05, 4.69) is 17.4 Å². The summed E-state index contributed by atoms with van der Waals surface area (Å²) in [6.07, 6.45) is 1.75. The summed E-state index contributed by atoms with van der Waals surface area (Å²) in [5, 5.41) is 12.6. The van der Waals surface area contributed by atoms with E-state index >= 15 is 0 Å². The van der Waals surface area contributed by atoms with E-state index in [1.807, 2.05) is 18.2 Å². The molecule has 0 spiro atoms. The van der Waals surface area contributed by atoms with Crippen LogP contribution < -0.4 is 5.32 Å². The number of ether oxygens (including phenoxy) is 2. The lowest BCUT2D eigenvalue weighted by Gasteiger charge is -2.16. The van der Waals surface area contributed by atoms with Crippen molar-refractivity contribution in [2.45, 2.75) is 18.9 Å². The zero-order valence-corrected chi connectivity index (χ0v) is 11.7. The first-order valence-corrected chi connectivity index (χ1v) is 6.81. The molecule has 2 N–H and O–H groups in total. The molecule has 108 valence electrons. The Morgan fingerprint density at radius 3 is 2.63 bits per heavy atom. The van der Waals surface area contributed by atoms with Gasteiger partial charge in [0, 0.05) is 32.9 Å². The molecule has 4 nitrogen and oxygen atoms in total. The van der Waals surface area contributed by atoms with Crippen molar-refractivity contribution >= 4 is 0 Å². The molecule has 0 aliphatic carbocycles. The average molecular weight is 267 g/mol. The third-order valence-corrected chi connectivity index (χ3v) is 2.86. The molecule has 0 fully saturated rings. The number of benzene rings is 1. The van der Waals surface area contributed by atoms with Crippen molar-refractivity contribution in [1.82, 2.24) is 5.32 Å². The van der Waals surface area contributed by atoms with Crippen LogP contribution >= 0.6 is 0 Å². The van der Waals surface area contributed by atoms with Crippen LogP contribution in [0.25, 0.3) is 0 Å². The highest BCUT2D eigenvalue weighted by molar-refractivity contribution is 5.15. The molecule has 1 aromatic carbocycles. The summed E-state index contributed by atoms with van der Waals surface area (Å²) in [7, 11) is 1.69. The Morgan fingerprint density at radius 1 is 1.16 bits per heavy atom. The maximum Gasteiger partial charge on any atom is 0.0591 e. The zero-order chi connectivity index (χ0) is 13.8. The van der Waals surface area contributed by atoms with Gasteiger partial charge in [0.1, 0.15) is 0 Å². The van der Waals surface area contributed by atoms with Gasteiger partial charge in [-0.1, -0.05) is 30.3 Å². The molecule has 1 atom stereocenters. The van der Waals surface area contributed by atoms with Crippen molar-refractivity contribution in [3.05, 3.63) is 35.9 Å². The molecule has 0 heterocycles. The fourth-order valence-corrected chi connectivity index (χ4v) is 1.84. The second kappa shape index (κ2) is 10.9. The van der Waals surface area contributed by atoms with Crippen LogP contribution in [0.1, 0.15) is 12.0 Å². The second-order valence-corrected chi connectivity index (χ2v) is 4.48. The van der Waals surface area contributed by atoms with E-state index in [1.165, 1.54) is 5.56 Å². The molecular weight excluding hydrogens is 242 g/mol. The highest BCUT2D eigenvalue weighted by Crippen LogP contribution is 2.02. The molecule has 0 saturated carbocycles. The molecule has 0 bridgehead atoms. The van der Waals surface area contributed by atoms with Gasteiger partial charge in [0.25, 0.3) is 0 Å². The van der Waals surface area contributed by atoms with Crippen LogP contribution in [-0.4, -0.2) is 51.2 Å². The number of aliphatic hydroxyl groups excluding tert-OH is 1. The summed E-state index contributed by atoms with van der Waals surface area (Å²) in [5.74, 6) is 0. The summed E-state index contributed by atoms with van der Waals surface area (Å²) >= 11 is 0. The maximum absolute atomic E-state index is 9.34. The smallest absolute Gasteiger partial charge is 0.0591 e. The van der Waals surface area contributed by atoms with Crippen LogP contribution in [0.4, 0.5) is 0 Å². The van der Waals surface area contributed by atoms with Gasteiger partial charge in [-0.05, 0) is 18.4 Å². The highest BCUT2D eigenvalue weighted by atomic mass is 16.5. The number of methoxy groups -OCH3 is 1. The molecule has 0 amide bonds. The van der Waals surface area contributed by atoms with E-state index in [-0.39, 0.29) is 12.6 Å². The fourth-order valence-electron chi connectivity index (χ4n) is 1.84. The van der Waals surface area contributed by atoms with Crippen LogP contribution in [0.5, 0.6) is 0 Å². The topological polar surface area (TPSA) is 50.7 Å². The van der Waals surface area contributed by atoms with Gasteiger partial charge >= 0.3 is 0 Å². The first kappa shape index (κ1) is 16.1. The van der Waals surface area contributed by atoms with E-state index in [0.29, 0.717) is 6.61 Å². The molecule has 0 radical (unpaired) electrons. The molecule has 1 rings (SSSR count). The molecule has 4 heteroatoms. The Bertz CT molecular complexity index is 306. The van der Waals surface area contributed by atoms with Crippen LogP contribution in [0.2, 0.25) is 0 Å². The number of hydrogen-bond acceptors (Lipinski definition) is 4. The van der Waals surface area contributed by atoms with E-state index in [0.717, 1.165) is 32.6 Å². The molecule has 0 aromatic heterocycles. The van der Waals surface area contributed by atoms with Gasteiger partial charge in [-0.25, -0.2) is 0 Å². The van der Waals surface area contributed by atoms with Crippen LogP contribution in [-0.2, 0) is 15.9 Å². The normalized spacial score (nSPS) is 12.5. The van der Waals surface area contributed by atoms with Crippen molar-refractivity contribution in [3.8, 4) is 0 Å². The Hall–Kier alpha value is -0.940. The molecule has 19 heavy (non-hydrogen) atoms. The minimum Gasteiger partial charge on any atom is -0.395 e. The van der Waals surface area contributed by atoms with E-state index in [4.69, 9.17) is 9.47 Å². The molecular formula is C15H25NO3. The van der Waals surface area contributed by atoms with E-state index < -0.39 is 0 Å². The highest BCUT2D eigenvalue weighted by Gasteiger charge is 2.06. The third-order valence-electron chi connectivity index (χ3n) is 2.86. The summed E-state index contributed by atoms with van der Waals surface area (Å²) in [6.45, 7) is 3.01. The van der Waals surface area contributed by atoms with Crippen molar-refractivity contribution in [2.75, 3.05) is 40.1 Å². The lowest BCUT2D eigenvalue weighted by Crippen LogP contribution is -2.36. The van der Waals surface area contributed by atoms with Gasteiger partial charge in [-0.3, -0.25) is 0 Å². The van der Waals surface area contributed by atoms with Crippen LogP contribution in [0.3, 0.4) is 0 Å². The Kier molecular flexibility index (Phi) is 9.27. The van der Waals surface area contributed by atoms with Gasteiger partial charge in [0.2, 0.25) is 0 Å². The van der Waals surface area contributed by atoms with E-state index in [9.17, 15) is 5.11 Å². The number of rotatable bonds is 11. The van der Waals surface area contributed by atoms with Gasteiger partial charge in [-0.15, -0.1) is 0 Å². The molecule has 0 aliphatic rings. The minimum atomic E-state index is 0.0879. The molecule has 0 saturated heterocycles.